The molecule has 0 spiro atoms. The maximum atomic E-state index is 9.05. The molecule has 2 aromatic rings. The topological polar surface area (TPSA) is 49.7 Å². The van der Waals surface area contributed by atoms with Crippen molar-refractivity contribution in [2.75, 3.05) is 0 Å². The first-order chi connectivity index (χ1) is 9.09. The molecular formula is C15H17O3P. The first-order valence-corrected chi connectivity index (χ1v) is 7.30. The van der Waals surface area contributed by atoms with Gasteiger partial charge in [-0.15, -0.1) is 0 Å². The van der Waals surface area contributed by atoms with Crippen LogP contribution in [0.5, 0.6) is 5.75 Å². The Labute approximate surface area is 114 Å². The van der Waals surface area contributed by atoms with Crippen LogP contribution in [0, 0.1) is 0 Å². The third-order valence-electron chi connectivity index (χ3n) is 2.94. The minimum atomic E-state index is -2.41. The number of hydrogen-bond donors (Lipinski definition) is 2. The Balaban J connectivity index is 2.53. The molecule has 0 bridgehead atoms. The van der Waals surface area contributed by atoms with Crippen LogP contribution in [0.15, 0.2) is 48.5 Å². The monoisotopic (exact) mass is 276 g/mol. The van der Waals surface area contributed by atoms with Crippen LogP contribution in [0.25, 0.3) is 11.1 Å². The molecule has 0 saturated carbocycles. The zero-order chi connectivity index (χ0) is 13.8. The van der Waals surface area contributed by atoms with Crippen molar-refractivity contribution in [2.45, 2.75) is 19.8 Å². The first-order valence-electron chi connectivity index (χ1n) is 6.13. The molecule has 0 unspecified atom stereocenters. The maximum Gasteiger partial charge on any atom is 0.391 e. The predicted octanol–water partition coefficient (Wildman–Crippen LogP) is 4.07. The van der Waals surface area contributed by atoms with Gasteiger partial charge in [0.15, 0.2) is 0 Å². The van der Waals surface area contributed by atoms with Crippen LogP contribution in [0.4, 0.5) is 0 Å². The molecule has 2 N–H and O–H groups in total. The van der Waals surface area contributed by atoms with Gasteiger partial charge in [0.2, 0.25) is 0 Å². The molecule has 0 aromatic heterocycles. The fraction of sp³-hybridized carbons (Fsp3) is 0.200. The van der Waals surface area contributed by atoms with Crippen LogP contribution < -0.4 is 4.52 Å². The van der Waals surface area contributed by atoms with Crippen LogP contribution in [0.2, 0.25) is 0 Å². The highest BCUT2D eigenvalue weighted by molar-refractivity contribution is 7.39. The highest BCUT2D eigenvalue weighted by atomic mass is 31.2. The Morgan fingerprint density at radius 2 is 1.47 bits per heavy atom. The summed E-state index contributed by atoms with van der Waals surface area (Å²) in [5, 5.41) is 0. The molecule has 2 rings (SSSR count). The summed E-state index contributed by atoms with van der Waals surface area (Å²) in [4.78, 5) is 18.1. The second-order valence-electron chi connectivity index (χ2n) is 4.58. The number of para-hydroxylation sites is 1. The van der Waals surface area contributed by atoms with E-state index in [1.54, 1.807) is 6.07 Å². The standard InChI is InChI=1S/C15H17O3P/c1-11(2)12-7-3-4-8-13(12)14-9-5-6-10-15(14)18-19(16)17/h3-11,16-17H,1-2H3. The van der Waals surface area contributed by atoms with Crippen LogP contribution in [-0.4, -0.2) is 9.79 Å². The first kappa shape index (κ1) is 14.0. The van der Waals surface area contributed by atoms with Crippen molar-refractivity contribution in [1.29, 1.82) is 0 Å². The Bertz CT molecular complexity index is 553. The van der Waals surface area contributed by atoms with E-state index in [2.05, 4.69) is 19.9 Å². The van der Waals surface area contributed by atoms with Gasteiger partial charge >= 0.3 is 8.60 Å². The highest BCUT2D eigenvalue weighted by Crippen LogP contribution is 2.39. The minimum Gasteiger partial charge on any atom is -0.426 e. The number of benzene rings is 2. The average molecular weight is 276 g/mol. The van der Waals surface area contributed by atoms with E-state index in [9.17, 15) is 0 Å². The second kappa shape index (κ2) is 6.16. The minimum absolute atomic E-state index is 0.383. The molecule has 3 nitrogen and oxygen atoms in total. The van der Waals surface area contributed by atoms with E-state index in [0.29, 0.717) is 11.7 Å². The van der Waals surface area contributed by atoms with Crippen molar-refractivity contribution >= 4 is 8.60 Å². The Hall–Kier alpha value is -1.41. The molecule has 0 aliphatic heterocycles. The molecule has 0 saturated heterocycles. The second-order valence-corrected chi connectivity index (χ2v) is 5.27. The molecule has 0 amide bonds. The Morgan fingerprint density at radius 1 is 0.895 bits per heavy atom. The van der Waals surface area contributed by atoms with Gasteiger partial charge in [-0.2, -0.15) is 0 Å². The summed E-state index contributed by atoms with van der Waals surface area (Å²) in [7, 11) is -2.41. The van der Waals surface area contributed by atoms with Crippen molar-refractivity contribution in [3.8, 4) is 16.9 Å². The lowest BCUT2D eigenvalue weighted by molar-refractivity contribution is 0.375. The molecule has 0 atom stereocenters. The van der Waals surface area contributed by atoms with E-state index in [1.807, 2.05) is 36.4 Å². The van der Waals surface area contributed by atoms with Crippen molar-refractivity contribution in [3.05, 3.63) is 54.1 Å². The largest absolute Gasteiger partial charge is 0.426 e. The zero-order valence-corrected chi connectivity index (χ0v) is 11.8. The van der Waals surface area contributed by atoms with E-state index in [0.717, 1.165) is 11.1 Å². The van der Waals surface area contributed by atoms with Gasteiger partial charge < -0.3 is 14.3 Å². The third kappa shape index (κ3) is 3.32. The van der Waals surface area contributed by atoms with Gasteiger partial charge in [0, 0.05) is 5.56 Å². The van der Waals surface area contributed by atoms with E-state index < -0.39 is 8.60 Å². The summed E-state index contributed by atoms with van der Waals surface area (Å²) in [6, 6.07) is 15.5. The normalized spacial score (nSPS) is 11.1. The van der Waals surface area contributed by atoms with E-state index >= 15 is 0 Å². The molecule has 19 heavy (non-hydrogen) atoms. The van der Waals surface area contributed by atoms with Crippen LogP contribution in [0.1, 0.15) is 25.3 Å². The van der Waals surface area contributed by atoms with Gasteiger partial charge in [0.05, 0.1) is 0 Å². The Kier molecular flexibility index (Phi) is 4.54. The summed E-state index contributed by atoms with van der Waals surface area (Å²) >= 11 is 0. The van der Waals surface area contributed by atoms with Gasteiger partial charge in [-0.3, -0.25) is 0 Å². The van der Waals surface area contributed by atoms with E-state index in [1.165, 1.54) is 5.56 Å². The quantitative estimate of drug-likeness (QED) is 0.828. The van der Waals surface area contributed by atoms with E-state index in [-0.39, 0.29) is 0 Å². The molecule has 0 radical (unpaired) electrons. The molecule has 100 valence electrons. The van der Waals surface area contributed by atoms with Gasteiger partial charge in [-0.25, -0.2) is 0 Å². The summed E-state index contributed by atoms with van der Waals surface area (Å²) in [5.41, 5.74) is 3.14. The van der Waals surface area contributed by atoms with Gasteiger partial charge in [0.1, 0.15) is 5.75 Å². The highest BCUT2D eigenvalue weighted by Gasteiger charge is 2.14. The lowest BCUT2D eigenvalue weighted by atomic mass is 9.92. The molecule has 4 heteroatoms. The van der Waals surface area contributed by atoms with Crippen molar-refractivity contribution in [3.63, 3.8) is 0 Å². The van der Waals surface area contributed by atoms with Crippen LogP contribution in [0.3, 0.4) is 0 Å². The molecule has 0 aliphatic carbocycles. The zero-order valence-electron chi connectivity index (χ0n) is 10.9. The number of rotatable bonds is 4. The molecular weight excluding hydrogens is 259 g/mol. The van der Waals surface area contributed by atoms with Crippen LogP contribution in [-0.2, 0) is 0 Å². The van der Waals surface area contributed by atoms with Crippen molar-refractivity contribution in [1.82, 2.24) is 0 Å². The fourth-order valence-corrected chi connectivity index (χ4v) is 2.44. The smallest absolute Gasteiger partial charge is 0.391 e. The van der Waals surface area contributed by atoms with E-state index in [4.69, 9.17) is 14.3 Å². The lowest BCUT2D eigenvalue weighted by Crippen LogP contribution is -1.94. The summed E-state index contributed by atoms with van der Waals surface area (Å²) in [5.74, 6) is 0.876. The summed E-state index contributed by atoms with van der Waals surface area (Å²) in [6.07, 6.45) is 0. The molecule has 2 aromatic carbocycles. The maximum absolute atomic E-state index is 9.05. The van der Waals surface area contributed by atoms with Crippen LogP contribution >= 0.6 is 8.60 Å². The lowest BCUT2D eigenvalue weighted by Gasteiger charge is -2.16. The molecule has 0 aliphatic rings. The SMILES string of the molecule is CC(C)c1ccccc1-c1ccccc1OP(O)O. The van der Waals surface area contributed by atoms with Crippen molar-refractivity contribution < 1.29 is 14.3 Å². The molecule has 0 fully saturated rings. The third-order valence-corrected chi connectivity index (χ3v) is 3.30. The summed E-state index contributed by atoms with van der Waals surface area (Å²) < 4.78 is 5.11. The molecule has 0 heterocycles. The van der Waals surface area contributed by atoms with Gasteiger partial charge in [-0.1, -0.05) is 56.3 Å². The van der Waals surface area contributed by atoms with Crippen molar-refractivity contribution in [2.24, 2.45) is 0 Å². The fourth-order valence-electron chi connectivity index (χ4n) is 2.10. The predicted molar refractivity (Wildman–Crippen MR) is 78.0 cm³/mol. The summed E-state index contributed by atoms with van der Waals surface area (Å²) in [6.45, 7) is 4.26. The number of hydrogen-bond acceptors (Lipinski definition) is 3. The Morgan fingerprint density at radius 3 is 2.11 bits per heavy atom. The van der Waals surface area contributed by atoms with Gasteiger partial charge in [-0.05, 0) is 23.1 Å². The van der Waals surface area contributed by atoms with Gasteiger partial charge in [0.25, 0.3) is 0 Å². The average Bonchev–Trinajstić information content (AvgIpc) is 2.38.